The molecule has 78 valence electrons. The zero-order valence-electron chi connectivity index (χ0n) is 6.84. The summed E-state index contributed by atoms with van der Waals surface area (Å²) in [5.74, 6) is 0.808. The van der Waals surface area contributed by atoms with Gasteiger partial charge in [0, 0.05) is 6.07 Å². The zero-order valence-corrected chi connectivity index (χ0v) is 8.47. The smallest absolute Gasteiger partial charge is 0.294 e. The van der Waals surface area contributed by atoms with Crippen molar-refractivity contribution >= 4 is 22.5 Å². The van der Waals surface area contributed by atoms with Gasteiger partial charge in [-0.3, -0.25) is 4.55 Å². The first-order valence-corrected chi connectivity index (χ1v) is 4.88. The highest BCUT2D eigenvalue weighted by molar-refractivity contribution is 7.85. The number of hydrogen-bond donors (Lipinski definition) is 1. The molecule has 0 unspecified atom stereocenters. The van der Waals surface area contributed by atoms with Crippen LogP contribution >= 0.6 is 12.4 Å². The van der Waals surface area contributed by atoms with E-state index in [9.17, 15) is 8.42 Å². The molecule has 1 N–H and O–H groups in total. The second-order valence-electron chi connectivity index (χ2n) is 2.49. The zero-order chi connectivity index (χ0) is 9.47. The highest BCUT2D eigenvalue weighted by Gasteiger charge is 2.17. The number of halogens is 1. The Balaban J connectivity index is 0.000000980. The van der Waals surface area contributed by atoms with Gasteiger partial charge in [0.15, 0.2) is 11.5 Å². The molecule has 14 heavy (non-hydrogen) atoms. The summed E-state index contributed by atoms with van der Waals surface area (Å²) in [4.78, 5) is -0.197. The minimum absolute atomic E-state index is 0. The Kier molecular flexibility index (Phi) is 2.89. The summed E-state index contributed by atoms with van der Waals surface area (Å²) in [7, 11) is -4.16. The normalized spacial score (nSPS) is 13.5. The van der Waals surface area contributed by atoms with Crippen molar-refractivity contribution in [2.45, 2.75) is 4.90 Å². The first kappa shape index (κ1) is 11.1. The summed E-state index contributed by atoms with van der Waals surface area (Å²) >= 11 is 0. The summed E-state index contributed by atoms with van der Waals surface area (Å²) in [5, 5.41) is 0. The fourth-order valence-corrected chi connectivity index (χ4v) is 1.53. The summed E-state index contributed by atoms with van der Waals surface area (Å²) in [6, 6.07) is 3.91. The first-order chi connectivity index (χ1) is 6.07. The van der Waals surface area contributed by atoms with Crippen LogP contribution in [0.3, 0.4) is 0 Å². The van der Waals surface area contributed by atoms with Gasteiger partial charge in [-0.1, -0.05) is 0 Å². The van der Waals surface area contributed by atoms with Crippen molar-refractivity contribution in [2.24, 2.45) is 0 Å². The molecule has 0 bridgehead atoms. The summed E-state index contributed by atoms with van der Waals surface area (Å²) in [5.41, 5.74) is 0. The van der Waals surface area contributed by atoms with Crippen molar-refractivity contribution in [1.29, 1.82) is 0 Å². The molecule has 0 saturated carbocycles. The van der Waals surface area contributed by atoms with Crippen LogP contribution < -0.4 is 9.47 Å². The van der Waals surface area contributed by atoms with Crippen molar-refractivity contribution in [2.75, 3.05) is 6.79 Å². The standard InChI is InChI=1S/C7H6O5S.ClH/c8-13(9,10)5-1-2-6-7(3-5)12-4-11-6;/h1-3H,4H2,(H,8,9,10);1H. The SMILES string of the molecule is Cl.O=S(=O)(O)c1ccc2c(c1)OCO2. The van der Waals surface area contributed by atoms with Gasteiger partial charge in [0.1, 0.15) is 0 Å². The van der Waals surface area contributed by atoms with Crippen LogP contribution in [-0.2, 0) is 10.1 Å². The maximum atomic E-state index is 10.7. The first-order valence-electron chi connectivity index (χ1n) is 3.44. The molecule has 0 aromatic heterocycles. The predicted octanol–water partition coefficient (Wildman–Crippen LogP) is 1.08. The van der Waals surface area contributed by atoms with E-state index in [2.05, 4.69) is 0 Å². The molecular formula is C7H7ClO5S. The number of rotatable bonds is 1. The highest BCUT2D eigenvalue weighted by atomic mass is 35.5. The quantitative estimate of drug-likeness (QED) is 0.742. The van der Waals surface area contributed by atoms with E-state index in [0.29, 0.717) is 11.5 Å². The van der Waals surface area contributed by atoms with E-state index in [1.165, 1.54) is 18.2 Å². The van der Waals surface area contributed by atoms with Crippen LogP contribution in [0.5, 0.6) is 11.5 Å². The molecule has 1 heterocycles. The van der Waals surface area contributed by atoms with Crippen LogP contribution in [0, 0.1) is 0 Å². The van der Waals surface area contributed by atoms with Gasteiger partial charge in [0.25, 0.3) is 10.1 Å². The van der Waals surface area contributed by atoms with E-state index < -0.39 is 10.1 Å². The van der Waals surface area contributed by atoms with E-state index in [0.717, 1.165) is 0 Å². The molecule has 0 saturated heterocycles. The van der Waals surface area contributed by atoms with E-state index in [1.807, 2.05) is 0 Å². The van der Waals surface area contributed by atoms with Gasteiger partial charge >= 0.3 is 0 Å². The van der Waals surface area contributed by atoms with Crippen molar-refractivity contribution < 1.29 is 22.4 Å². The second-order valence-corrected chi connectivity index (χ2v) is 3.91. The molecule has 0 amide bonds. The molecule has 7 heteroatoms. The van der Waals surface area contributed by atoms with Gasteiger partial charge in [0.05, 0.1) is 4.90 Å². The van der Waals surface area contributed by atoms with Crippen LogP contribution in [-0.4, -0.2) is 19.8 Å². The molecule has 0 fully saturated rings. The molecule has 2 rings (SSSR count). The van der Waals surface area contributed by atoms with Gasteiger partial charge in [-0.2, -0.15) is 8.42 Å². The maximum absolute atomic E-state index is 10.7. The Bertz CT molecular complexity index is 441. The van der Waals surface area contributed by atoms with Crippen LogP contribution in [0.15, 0.2) is 23.1 Å². The maximum Gasteiger partial charge on any atom is 0.294 e. The largest absolute Gasteiger partial charge is 0.454 e. The Labute approximate surface area is 86.8 Å². The van der Waals surface area contributed by atoms with E-state index in [1.54, 1.807) is 0 Å². The Hall–Kier alpha value is -0.980. The van der Waals surface area contributed by atoms with Gasteiger partial charge in [-0.05, 0) is 12.1 Å². The third-order valence-corrected chi connectivity index (χ3v) is 2.49. The molecule has 1 aromatic carbocycles. The molecular weight excluding hydrogens is 232 g/mol. The molecule has 5 nitrogen and oxygen atoms in total. The molecule has 1 aromatic rings. The van der Waals surface area contributed by atoms with Gasteiger partial charge in [0.2, 0.25) is 6.79 Å². The van der Waals surface area contributed by atoms with Crippen molar-refractivity contribution in [3.05, 3.63) is 18.2 Å². The molecule has 0 spiro atoms. The lowest BCUT2D eigenvalue weighted by molar-refractivity contribution is 0.174. The summed E-state index contributed by atoms with van der Waals surface area (Å²) < 4.78 is 40.0. The molecule has 0 radical (unpaired) electrons. The number of fused-ring (bicyclic) bond motifs is 1. The molecule has 1 aliphatic heterocycles. The van der Waals surface area contributed by atoms with Crippen LogP contribution in [0.2, 0.25) is 0 Å². The van der Waals surface area contributed by atoms with Crippen LogP contribution in [0.25, 0.3) is 0 Å². The van der Waals surface area contributed by atoms with E-state index in [4.69, 9.17) is 14.0 Å². The lowest BCUT2D eigenvalue weighted by atomic mass is 10.3. The topological polar surface area (TPSA) is 72.8 Å². The monoisotopic (exact) mass is 238 g/mol. The van der Waals surface area contributed by atoms with Crippen LogP contribution in [0.4, 0.5) is 0 Å². The van der Waals surface area contributed by atoms with Gasteiger partial charge in [-0.25, -0.2) is 0 Å². The van der Waals surface area contributed by atoms with Crippen molar-refractivity contribution in [3.8, 4) is 11.5 Å². The van der Waals surface area contributed by atoms with Crippen molar-refractivity contribution in [3.63, 3.8) is 0 Å². The lowest BCUT2D eigenvalue weighted by Gasteiger charge is -1.98. The van der Waals surface area contributed by atoms with Gasteiger partial charge in [-0.15, -0.1) is 12.4 Å². The third-order valence-electron chi connectivity index (χ3n) is 1.64. The van der Waals surface area contributed by atoms with Gasteiger partial charge < -0.3 is 9.47 Å². The van der Waals surface area contributed by atoms with Crippen LogP contribution in [0.1, 0.15) is 0 Å². The third kappa shape index (κ3) is 1.92. The van der Waals surface area contributed by atoms with E-state index >= 15 is 0 Å². The minimum Gasteiger partial charge on any atom is -0.454 e. The average molecular weight is 239 g/mol. The Morgan fingerprint density at radius 2 is 1.86 bits per heavy atom. The number of ether oxygens (including phenoxy) is 2. The summed E-state index contributed by atoms with van der Waals surface area (Å²) in [6.07, 6.45) is 0. The lowest BCUT2D eigenvalue weighted by Crippen LogP contribution is -1.97. The van der Waals surface area contributed by atoms with E-state index in [-0.39, 0.29) is 24.1 Å². The molecule has 0 aliphatic carbocycles. The number of hydrogen-bond acceptors (Lipinski definition) is 4. The van der Waals surface area contributed by atoms with Crippen molar-refractivity contribution in [1.82, 2.24) is 0 Å². The fourth-order valence-electron chi connectivity index (χ4n) is 1.04. The molecule has 0 atom stereocenters. The Morgan fingerprint density at radius 1 is 1.21 bits per heavy atom. The fraction of sp³-hybridized carbons (Fsp3) is 0.143. The second kappa shape index (κ2) is 3.64. The summed E-state index contributed by atoms with van der Waals surface area (Å²) in [6.45, 7) is 0.0737. The number of benzene rings is 1. The minimum atomic E-state index is -4.16. The molecule has 1 aliphatic rings. The predicted molar refractivity (Wildman–Crippen MR) is 49.6 cm³/mol. The average Bonchev–Trinajstić information content (AvgIpc) is 2.47. The highest BCUT2D eigenvalue weighted by Crippen LogP contribution is 2.33. The Morgan fingerprint density at radius 3 is 2.50 bits per heavy atom.